The van der Waals surface area contributed by atoms with Crippen molar-refractivity contribution in [2.75, 3.05) is 0 Å². The molecule has 0 bridgehead atoms. The maximum atomic E-state index is 14.0. The summed E-state index contributed by atoms with van der Waals surface area (Å²) in [5.74, 6) is 0.0763. The number of nitrogens with one attached hydrogen (secondary N) is 1. The van der Waals surface area contributed by atoms with E-state index in [0.29, 0.717) is 21.9 Å². The van der Waals surface area contributed by atoms with Crippen LogP contribution in [0.15, 0.2) is 30.3 Å². The number of aromatic nitrogens is 1. The van der Waals surface area contributed by atoms with E-state index in [0.717, 1.165) is 37.5 Å². The van der Waals surface area contributed by atoms with Crippen LogP contribution < -0.4 is 5.32 Å². The van der Waals surface area contributed by atoms with Crippen LogP contribution in [0.5, 0.6) is 0 Å². The highest BCUT2D eigenvalue weighted by Gasteiger charge is 2.75. The molecule has 0 unspecified atom stereocenters. The molecule has 2 aromatic heterocycles. The van der Waals surface area contributed by atoms with Gasteiger partial charge in [0.2, 0.25) is 0 Å². The largest absolute Gasteiger partial charge is 0.347 e. The number of rotatable bonds is 3. The first-order chi connectivity index (χ1) is 16.5. The molecular weight excluding hydrogens is 460 g/mol. The van der Waals surface area contributed by atoms with Crippen molar-refractivity contribution in [3.63, 3.8) is 0 Å². The predicted octanol–water partition coefficient (Wildman–Crippen LogP) is 8.25. The molecule has 0 radical (unpaired) electrons. The van der Waals surface area contributed by atoms with Gasteiger partial charge in [-0.15, -0.1) is 11.3 Å². The average Bonchev–Trinajstić information content (AvgIpc) is 3.16. The number of benzene rings is 1. The zero-order valence-corrected chi connectivity index (χ0v) is 21.7. The summed E-state index contributed by atoms with van der Waals surface area (Å²) in [5.41, 5.74) is 4.54. The fraction of sp³-hybridized carbons (Fsp3) is 0.517. The molecule has 3 aliphatic carbocycles. The van der Waals surface area contributed by atoms with Crippen LogP contribution in [0.2, 0.25) is 5.02 Å². The van der Waals surface area contributed by atoms with Gasteiger partial charge >= 0.3 is 0 Å². The molecule has 5 heteroatoms. The van der Waals surface area contributed by atoms with E-state index in [4.69, 9.17) is 16.6 Å². The summed E-state index contributed by atoms with van der Waals surface area (Å²) >= 11 is 8.16. The Bertz CT molecular complexity index is 1230. The quantitative estimate of drug-likeness (QED) is 0.400. The minimum Gasteiger partial charge on any atom is -0.347 e. The molecule has 3 fully saturated rings. The third-order valence-corrected chi connectivity index (χ3v) is 10.9. The Balaban J connectivity index is 1.43. The number of hydrogen-bond acceptors (Lipinski definition) is 3. The SMILES string of the molecule is Cc1nc2sc(C(=O)NC3C4(CCCCC4)C34CCCCC4)c(-c3ccccc3)c2c(C)c1Cl. The molecule has 3 aliphatic rings. The van der Waals surface area contributed by atoms with Crippen LogP contribution in [0.25, 0.3) is 21.3 Å². The molecule has 3 aromatic rings. The third-order valence-electron chi connectivity index (χ3n) is 9.23. The molecule has 1 aromatic carbocycles. The minimum absolute atomic E-state index is 0.0763. The van der Waals surface area contributed by atoms with Crippen LogP contribution in [-0.4, -0.2) is 16.9 Å². The number of halogens is 1. The van der Waals surface area contributed by atoms with Crippen LogP contribution in [0, 0.1) is 24.7 Å². The van der Waals surface area contributed by atoms with Gasteiger partial charge in [-0.25, -0.2) is 4.98 Å². The predicted molar refractivity (Wildman–Crippen MR) is 142 cm³/mol. The Morgan fingerprint density at radius 2 is 1.56 bits per heavy atom. The monoisotopic (exact) mass is 492 g/mol. The van der Waals surface area contributed by atoms with Gasteiger partial charge in [-0.3, -0.25) is 4.79 Å². The highest BCUT2D eigenvalue weighted by Crippen LogP contribution is 2.75. The van der Waals surface area contributed by atoms with Crippen LogP contribution in [-0.2, 0) is 0 Å². The maximum Gasteiger partial charge on any atom is 0.262 e. The van der Waals surface area contributed by atoms with Crippen molar-refractivity contribution in [2.24, 2.45) is 10.8 Å². The van der Waals surface area contributed by atoms with Crippen LogP contribution >= 0.6 is 22.9 Å². The third kappa shape index (κ3) is 3.21. The Labute approximate surface area is 211 Å². The smallest absolute Gasteiger partial charge is 0.262 e. The molecule has 1 amide bonds. The molecule has 3 saturated carbocycles. The number of pyridine rings is 1. The van der Waals surface area contributed by atoms with Gasteiger partial charge in [0.25, 0.3) is 5.91 Å². The second kappa shape index (κ2) is 8.34. The molecule has 1 N–H and O–H groups in total. The summed E-state index contributed by atoms with van der Waals surface area (Å²) in [6.45, 7) is 4.00. The summed E-state index contributed by atoms with van der Waals surface area (Å²) in [4.78, 5) is 20.5. The van der Waals surface area contributed by atoms with Gasteiger partial charge in [-0.2, -0.15) is 0 Å². The highest BCUT2D eigenvalue weighted by atomic mass is 35.5. The summed E-state index contributed by atoms with van der Waals surface area (Å²) < 4.78 is 0. The summed E-state index contributed by atoms with van der Waals surface area (Å²) in [6, 6.07) is 10.6. The maximum absolute atomic E-state index is 14.0. The molecule has 34 heavy (non-hydrogen) atoms. The lowest BCUT2D eigenvalue weighted by Crippen LogP contribution is -2.31. The van der Waals surface area contributed by atoms with E-state index in [1.54, 1.807) is 0 Å². The normalized spacial score (nSPS) is 21.3. The molecule has 0 atom stereocenters. The van der Waals surface area contributed by atoms with Gasteiger partial charge in [-0.05, 0) is 61.5 Å². The Hall–Kier alpha value is -1.91. The number of amides is 1. The van der Waals surface area contributed by atoms with E-state index in [1.807, 2.05) is 25.1 Å². The van der Waals surface area contributed by atoms with E-state index in [-0.39, 0.29) is 5.91 Å². The van der Waals surface area contributed by atoms with Gasteiger partial charge in [0.1, 0.15) is 9.71 Å². The fourth-order valence-electron chi connectivity index (χ4n) is 7.62. The molecule has 0 saturated heterocycles. The average molecular weight is 493 g/mol. The van der Waals surface area contributed by atoms with Gasteiger partial charge in [-0.1, -0.05) is 80.5 Å². The number of hydrogen-bond donors (Lipinski definition) is 1. The number of carbonyl (C=O) groups excluding carboxylic acids is 1. The molecule has 3 nitrogen and oxygen atoms in total. The first-order valence-electron chi connectivity index (χ1n) is 12.9. The lowest BCUT2D eigenvalue weighted by molar-refractivity contribution is 0.0944. The Kier molecular flexibility index (Phi) is 5.53. The Morgan fingerprint density at radius 1 is 0.971 bits per heavy atom. The first kappa shape index (κ1) is 22.5. The highest BCUT2D eigenvalue weighted by molar-refractivity contribution is 7.21. The standard InChI is InChI=1S/C29H33ClN2OS/c1-18-21-22(20-12-6-3-7-13-20)24(34-26(21)31-19(2)23(18)30)25(33)32-27-28(14-8-4-9-15-28)29(27)16-10-5-11-17-29/h3,6-7,12-13,27H,4-5,8-11,14-17H2,1-2H3,(H,32,33). The zero-order valence-electron chi connectivity index (χ0n) is 20.2. The van der Waals surface area contributed by atoms with Crippen molar-refractivity contribution in [1.82, 2.24) is 10.3 Å². The number of thiophene rings is 1. The molecule has 0 aliphatic heterocycles. The molecular formula is C29H33ClN2OS. The van der Waals surface area contributed by atoms with Crippen LogP contribution in [0.3, 0.4) is 0 Å². The summed E-state index contributed by atoms with van der Waals surface area (Å²) in [7, 11) is 0. The van der Waals surface area contributed by atoms with E-state index < -0.39 is 0 Å². The van der Waals surface area contributed by atoms with Crippen molar-refractivity contribution >= 4 is 39.1 Å². The van der Waals surface area contributed by atoms with E-state index in [2.05, 4.69) is 24.4 Å². The number of aryl methyl sites for hydroxylation is 2. The van der Waals surface area contributed by atoms with Crippen molar-refractivity contribution in [3.05, 3.63) is 51.5 Å². The fourth-order valence-corrected chi connectivity index (χ4v) is 8.96. The summed E-state index contributed by atoms with van der Waals surface area (Å²) in [5, 5.41) is 5.34. The van der Waals surface area contributed by atoms with E-state index in [1.165, 1.54) is 75.5 Å². The van der Waals surface area contributed by atoms with Gasteiger partial charge in [0.15, 0.2) is 0 Å². The van der Waals surface area contributed by atoms with E-state index >= 15 is 0 Å². The number of nitrogens with zero attached hydrogens (tertiary/aromatic N) is 1. The first-order valence-corrected chi connectivity index (χ1v) is 14.1. The minimum atomic E-state index is 0.0763. The Morgan fingerprint density at radius 3 is 2.15 bits per heavy atom. The van der Waals surface area contributed by atoms with Crippen molar-refractivity contribution in [1.29, 1.82) is 0 Å². The molecule has 2 spiro atoms. The lowest BCUT2D eigenvalue weighted by Gasteiger charge is -2.31. The van der Waals surface area contributed by atoms with Gasteiger partial charge in [0, 0.05) is 17.0 Å². The van der Waals surface area contributed by atoms with Crippen molar-refractivity contribution in [3.8, 4) is 11.1 Å². The lowest BCUT2D eigenvalue weighted by atomic mass is 9.73. The van der Waals surface area contributed by atoms with Crippen LogP contribution in [0.1, 0.15) is 85.1 Å². The van der Waals surface area contributed by atoms with E-state index in [9.17, 15) is 4.79 Å². The van der Waals surface area contributed by atoms with Crippen molar-refractivity contribution < 1.29 is 4.79 Å². The molecule has 6 rings (SSSR count). The van der Waals surface area contributed by atoms with Crippen molar-refractivity contribution in [2.45, 2.75) is 84.1 Å². The molecule has 178 valence electrons. The van der Waals surface area contributed by atoms with Gasteiger partial charge in [0.05, 0.1) is 10.7 Å². The second-order valence-corrected chi connectivity index (χ2v) is 12.2. The topological polar surface area (TPSA) is 42.0 Å². The van der Waals surface area contributed by atoms with Gasteiger partial charge < -0.3 is 5.32 Å². The number of carbonyl (C=O) groups is 1. The molecule has 2 heterocycles. The second-order valence-electron chi connectivity index (χ2n) is 10.8. The van der Waals surface area contributed by atoms with Crippen LogP contribution in [0.4, 0.5) is 0 Å². The zero-order chi connectivity index (χ0) is 23.5. The summed E-state index contributed by atoms with van der Waals surface area (Å²) in [6.07, 6.45) is 13.1. The number of fused-ring (bicyclic) bond motifs is 2.